The molecule has 228 valence electrons. The van der Waals surface area contributed by atoms with Crippen molar-refractivity contribution in [2.45, 2.75) is 49.3 Å². The van der Waals surface area contributed by atoms with Crippen LogP contribution in [0.5, 0.6) is 5.75 Å². The van der Waals surface area contributed by atoms with Crippen LogP contribution in [-0.2, 0) is 15.4 Å². The van der Waals surface area contributed by atoms with Gasteiger partial charge in [0.15, 0.2) is 15.7 Å². The molecule has 1 aliphatic rings. The fourth-order valence-electron chi connectivity index (χ4n) is 5.65. The quantitative estimate of drug-likeness (QED) is 0.192. The van der Waals surface area contributed by atoms with Gasteiger partial charge in [0.05, 0.1) is 27.7 Å². The Labute approximate surface area is 259 Å². The van der Waals surface area contributed by atoms with Gasteiger partial charge in [0.2, 0.25) is 0 Å². The molecule has 0 amide bonds. The Hall–Kier alpha value is -3.81. The van der Waals surface area contributed by atoms with Crippen LogP contribution in [0.25, 0.3) is 22.2 Å². The molecule has 0 radical (unpaired) electrons. The number of rotatable bonds is 8. The van der Waals surface area contributed by atoms with Crippen LogP contribution in [0.2, 0.25) is 0 Å². The molecule has 3 aromatic carbocycles. The largest absolute Gasteiger partial charge is 0.434 e. The van der Waals surface area contributed by atoms with Crippen LogP contribution in [0, 0.1) is 5.82 Å². The zero-order chi connectivity index (χ0) is 31.4. The number of sulfone groups is 1. The summed E-state index contributed by atoms with van der Waals surface area (Å²) in [6.45, 7) is -0.0239. The van der Waals surface area contributed by atoms with Gasteiger partial charge in [0.25, 0.3) is 0 Å². The minimum absolute atomic E-state index is 0.0725. The van der Waals surface area contributed by atoms with Crippen molar-refractivity contribution >= 4 is 36.8 Å². The van der Waals surface area contributed by atoms with Gasteiger partial charge in [-0.25, -0.2) is 27.8 Å². The Kier molecular flexibility index (Phi) is 7.75. The van der Waals surface area contributed by atoms with Gasteiger partial charge >= 0.3 is 6.61 Å². The summed E-state index contributed by atoms with van der Waals surface area (Å²) in [5, 5.41) is 10.2. The normalized spacial score (nSPS) is 16.9. The van der Waals surface area contributed by atoms with Gasteiger partial charge in [-0.1, -0.05) is 40.2 Å². The maximum absolute atomic E-state index is 15.5. The number of aliphatic hydroxyl groups is 1. The van der Waals surface area contributed by atoms with Crippen molar-refractivity contribution in [1.29, 1.82) is 0 Å². The summed E-state index contributed by atoms with van der Waals surface area (Å²) in [5.41, 5.74) is 0.316. The standard InChI is InChI=1S/C31H26BrF3N4O4S/c1-31(2,40)29-36-14-18(15-37-29)20-12-24-23(13-22(20)33)38-28-17(16-44(41,42)19-7-4-3-5-8-19)11-25(39(24)28)27-21(32)9-6-10-26(27)43-30(34)35/h3-10,12-15,17,25,30,40H,11,16H2,1-2H3/t17-,25+/m0/s1. The molecule has 0 aliphatic carbocycles. The lowest BCUT2D eigenvalue weighted by atomic mass is 9.98. The third-order valence-corrected chi connectivity index (χ3v) is 10.1. The molecule has 5 aromatic rings. The lowest BCUT2D eigenvalue weighted by Gasteiger charge is -2.21. The van der Waals surface area contributed by atoms with Crippen LogP contribution in [-0.4, -0.2) is 45.4 Å². The Balaban J connectivity index is 1.53. The van der Waals surface area contributed by atoms with Crippen LogP contribution >= 0.6 is 15.9 Å². The predicted octanol–water partition coefficient (Wildman–Crippen LogP) is 6.77. The van der Waals surface area contributed by atoms with Gasteiger partial charge in [-0.2, -0.15) is 8.78 Å². The molecule has 44 heavy (non-hydrogen) atoms. The molecule has 1 N–H and O–H groups in total. The number of fused-ring (bicyclic) bond motifs is 3. The molecule has 13 heteroatoms. The zero-order valence-electron chi connectivity index (χ0n) is 23.5. The van der Waals surface area contributed by atoms with Crippen molar-refractivity contribution in [2.24, 2.45) is 0 Å². The molecule has 2 aromatic heterocycles. The molecule has 0 spiro atoms. The van der Waals surface area contributed by atoms with Gasteiger partial charge in [-0.05, 0) is 50.6 Å². The third kappa shape index (κ3) is 5.59. The zero-order valence-corrected chi connectivity index (χ0v) is 25.9. The molecule has 0 bridgehead atoms. The van der Waals surface area contributed by atoms with E-state index in [1.54, 1.807) is 41.0 Å². The topological polar surface area (TPSA) is 107 Å². The lowest BCUT2D eigenvalue weighted by molar-refractivity contribution is -0.0507. The second-order valence-electron chi connectivity index (χ2n) is 11.1. The predicted molar refractivity (Wildman–Crippen MR) is 161 cm³/mol. The Bertz CT molecular complexity index is 1960. The molecular formula is C31H26BrF3N4O4S. The number of benzene rings is 3. The number of alkyl halides is 2. The molecule has 0 fully saturated rings. The highest BCUT2D eigenvalue weighted by Gasteiger charge is 2.40. The van der Waals surface area contributed by atoms with Crippen molar-refractivity contribution in [2.75, 3.05) is 5.75 Å². The maximum Gasteiger partial charge on any atom is 0.387 e. The summed E-state index contributed by atoms with van der Waals surface area (Å²) in [6, 6.07) is 14.8. The van der Waals surface area contributed by atoms with E-state index >= 15 is 4.39 Å². The molecule has 2 atom stereocenters. The number of hydrogen-bond donors (Lipinski definition) is 1. The highest BCUT2D eigenvalue weighted by Crippen LogP contribution is 2.48. The summed E-state index contributed by atoms with van der Waals surface area (Å²) in [4.78, 5) is 13.2. The Morgan fingerprint density at radius 1 is 1.09 bits per heavy atom. The van der Waals surface area contributed by atoms with Crippen molar-refractivity contribution in [3.63, 3.8) is 0 Å². The minimum atomic E-state index is -3.77. The lowest BCUT2D eigenvalue weighted by Crippen LogP contribution is -2.19. The number of aromatic nitrogens is 4. The van der Waals surface area contributed by atoms with Gasteiger partial charge in [-0.15, -0.1) is 0 Å². The molecule has 0 saturated heterocycles. The highest BCUT2D eigenvalue weighted by molar-refractivity contribution is 9.10. The molecule has 8 nitrogen and oxygen atoms in total. The number of halogens is 4. The highest BCUT2D eigenvalue weighted by atomic mass is 79.9. The summed E-state index contributed by atoms with van der Waals surface area (Å²) in [6.07, 6.45) is 3.02. The van der Waals surface area contributed by atoms with Crippen LogP contribution in [0.1, 0.15) is 49.4 Å². The first-order valence-electron chi connectivity index (χ1n) is 13.6. The van der Waals surface area contributed by atoms with Crippen LogP contribution in [0.15, 0.2) is 82.4 Å². The van der Waals surface area contributed by atoms with E-state index in [0.29, 0.717) is 26.9 Å². The summed E-state index contributed by atoms with van der Waals surface area (Å²) >= 11 is 3.48. The van der Waals surface area contributed by atoms with E-state index in [4.69, 9.17) is 4.74 Å². The average molecular weight is 688 g/mol. The second-order valence-corrected chi connectivity index (χ2v) is 14.0. The molecule has 0 unspecified atom stereocenters. The van der Waals surface area contributed by atoms with E-state index in [1.807, 2.05) is 0 Å². The minimum Gasteiger partial charge on any atom is -0.434 e. The van der Waals surface area contributed by atoms with Crippen LogP contribution in [0.4, 0.5) is 13.2 Å². The smallest absolute Gasteiger partial charge is 0.387 e. The van der Waals surface area contributed by atoms with E-state index in [2.05, 4.69) is 30.9 Å². The molecule has 1 aliphatic heterocycles. The summed E-state index contributed by atoms with van der Waals surface area (Å²) in [7, 11) is -3.77. The Morgan fingerprint density at radius 2 is 1.80 bits per heavy atom. The van der Waals surface area contributed by atoms with Gasteiger partial charge in [-0.3, -0.25) is 0 Å². The Morgan fingerprint density at radius 3 is 2.45 bits per heavy atom. The fraction of sp³-hybridized carbons (Fsp3) is 0.258. The van der Waals surface area contributed by atoms with E-state index < -0.39 is 39.8 Å². The van der Waals surface area contributed by atoms with Crippen molar-refractivity contribution < 1.29 is 31.4 Å². The van der Waals surface area contributed by atoms with Gasteiger partial charge < -0.3 is 14.4 Å². The first-order chi connectivity index (χ1) is 20.8. The van der Waals surface area contributed by atoms with E-state index in [-0.39, 0.29) is 39.7 Å². The van der Waals surface area contributed by atoms with Gasteiger partial charge in [0.1, 0.15) is 23.0 Å². The van der Waals surface area contributed by atoms with Crippen molar-refractivity contribution in [3.8, 4) is 16.9 Å². The first-order valence-corrected chi connectivity index (χ1v) is 16.1. The van der Waals surface area contributed by atoms with E-state index in [9.17, 15) is 22.3 Å². The molecule has 6 rings (SSSR count). The molecule has 0 saturated carbocycles. The average Bonchev–Trinajstić information content (AvgIpc) is 3.49. The van der Waals surface area contributed by atoms with Crippen molar-refractivity contribution in [1.82, 2.24) is 19.5 Å². The van der Waals surface area contributed by atoms with E-state index in [1.165, 1.54) is 50.5 Å². The summed E-state index contributed by atoms with van der Waals surface area (Å²) in [5.74, 6) is -1.08. The maximum atomic E-state index is 15.5. The molecule has 3 heterocycles. The number of imidazole rings is 1. The SMILES string of the molecule is CC(C)(O)c1ncc(-c2cc3c(cc2F)nc2n3[C@@H](c3c(Br)cccc3OC(F)F)C[C@H]2CS(=O)(=O)c2ccccc2)cn1. The first kappa shape index (κ1) is 30.2. The molecular weight excluding hydrogens is 661 g/mol. The fourth-order valence-corrected chi connectivity index (χ4v) is 7.84. The second kappa shape index (κ2) is 11.3. The van der Waals surface area contributed by atoms with E-state index in [0.717, 1.165) is 0 Å². The number of nitrogens with zero attached hydrogens (tertiary/aromatic N) is 4. The monoisotopic (exact) mass is 686 g/mol. The van der Waals surface area contributed by atoms with Gasteiger partial charge in [0, 0.05) is 45.5 Å². The number of ether oxygens (including phenoxy) is 1. The van der Waals surface area contributed by atoms with Crippen LogP contribution in [0.3, 0.4) is 0 Å². The van der Waals surface area contributed by atoms with Crippen molar-refractivity contribution in [3.05, 3.63) is 101 Å². The number of hydrogen-bond acceptors (Lipinski definition) is 7. The third-order valence-electron chi connectivity index (χ3n) is 7.59. The summed E-state index contributed by atoms with van der Waals surface area (Å²) < 4.78 is 76.5. The van der Waals surface area contributed by atoms with Crippen LogP contribution < -0.4 is 4.74 Å².